The van der Waals surface area contributed by atoms with Gasteiger partial charge in [-0.3, -0.25) is 0 Å². The summed E-state index contributed by atoms with van der Waals surface area (Å²) in [5.74, 6) is 1.57. The molecule has 4 nitrogen and oxygen atoms in total. The Morgan fingerprint density at radius 3 is 2.65 bits per heavy atom. The second kappa shape index (κ2) is 5.94. The highest BCUT2D eigenvalue weighted by molar-refractivity contribution is 5.44. The first kappa shape index (κ1) is 13.0. The zero-order chi connectivity index (χ0) is 13.8. The van der Waals surface area contributed by atoms with Crippen LogP contribution in [0.1, 0.15) is 17.2 Å². The quantitative estimate of drug-likeness (QED) is 0.875. The van der Waals surface area contributed by atoms with Gasteiger partial charge in [-0.05, 0) is 23.3 Å². The van der Waals surface area contributed by atoms with Crippen LogP contribution in [0.15, 0.2) is 48.5 Å². The van der Waals surface area contributed by atoms with E-state index in [9.17, 15) is 5.11 Å². The zero-order valence-corrected chi connectivity index (χ0v) is 11.1. The van der Waals surface area contributed by atoms with E-state index in [1.807, 2.05) is 48.5 Å². The molecule has 20 heavy (non-hydrogen) atoms. The molecule has 4 heteroatoms. The predicted octanol–water partition coefficient (Wildman–Crippen LogP) is 2.24. The fourth-order valence-corrected chi connectivity index (χ4v) is 2.27. The third kappa shape index (κ3) is 2.76. The lowest BCUT2D eigenvalue weighted by molar-refractivity contribution is 0.174. The number of aliphatic hydroxyl groups is 1. The molecule has 1 atom stereocenters. The molecule has 0 fully saturated rings. The van der Waals surface area contributed by atoms with Gasteiger partial charge in [0.05, 0.1) is 12.6 Å². The molecule has 1 aliphatic heterocycles. The minimum atomic E-state index is -0.0679. The van der Waals surface area contributed by atoms with Crippen LogP contribution in [0.5, 0.6) is 11.5 Å². The molecule has 0 unspecified atom stereocenters. The number of aliphatic hydroxyl groups excluding tert-OH is 1. The lowest BCUT2D eigenvalue weighted by Gasteiger charge is -2.16. The molecule has 104 valence electrons. The number of rotatable bonds is 5. The predicted molar refractivity (Wildman–Crippen MR) is 75.7 cm³/mol. The summed E-state index contributed by atoms with van der Waals surface area (Å²) in [4.78, 5) is 0. The molecule has 1 heterocycles. The van der Waals surface area contributed by atoms with Crippen LogP contribution in [0, 0.1) is 0 Å². The highest BCUT2D eigenvalue weighted by Crippen LogP contribution is 2.32. The molecule has 2 N–H and O–H groups in total. The average Bonchev–Trinajstić information content (AvgIpc) is 2.96. The molecule has 2 aromatic rings. The first-order valence-electron chi connectivity index (χ1n) is 6.64. The first-order valence-corrected chi connectivity index (χ1v) is 6.64. The Morgan fingerprint density at radius 2 is 1.85 bits per heavy atom. The van der Waals surface area contributed by atoms with E-state index >= 15 is 0 Å². The molecule has 0 amide bonds. The maximum atomic E-state index is 9.51. The van der Waals surface area contributed by atoms with Gasteiger partial charge in [-0.15, -0.1) is 0 Å². The number of nitrogens with one attached hydrogen (secondary N) is 1. The fraction of sp³-hybridized carbons (Fsp3) is 0.250. The molecule has 3 rings (SSSR count). The van der Waals surface area contributed by atoms with Crippen molar-refractivity contribution in [2.24, 2.45) is 0 Å². The number of hydrogen-bond acceptors (Lipinski definition) is 4. The van der Waals surface area contributed by atoms with Crippen molar-refractivity contribution in [1.29, 1.82) is 0 Å². The zero-order valence-electron chi connectivity index (χ0n) is 11.1. The summed E-state index contributed by atoms with van der Waals surface area (Å²) in [5.41, 5.74) is 2.18. The summed E-state index contributed by atoms with van der Waals surface area (Å²) in [6.07, 6.45) is 0. The van der Waals surface area contributed by atoms with E-state index < -0.39 is 0 Å². The highest BCUT2D eigenvalue weighted by atomic mass is 16.7. The van der Waals surface area contributed by atoms with E-state index in [1.165, 1.54) is 0 Å². The Labute approximate surface area is 118 Å². The van der Waals surface area contributed by atoms with Gasteiger partial charge < -0.3 is 19.9 Å². The standard InChI is InChI=1S/C16H17NO3/c18-10-14(13-4-2-1-3-5-13)17-9-12-6-7-15-16(8-12)20-11-19-15/h1-8,14,17-18H,9-11H2/t14-/m1/s1. The smallest absolute Gasteiger partial charge is 0.231 e. The van der Waals surface area contributed by atoms with Crippen molar-refractivity contribution in [2.75, 3.05) is 13.4 Å². The fourth-order valence-electron chi connectivity index (χ4n) is 2.27. The van der Waals surface area contributed by atoms with Gasteiger partial charge in [-0.1, -0.05) is 36.4 Å². The number of hydrogen-bond donors (Lipinski definition) is 2. The molecule has 1 aliphatic rings. The van der Waals surface area contributed by atoms with Gasteiger partial charge in [-0.25, -0.2) is 0 Å². The van der Waals surface area contributed by atoms with Crippen molar-refractivity contribution in [3.63, 3.8) is 0 Å². The molecule has 2 aromatic carbocycles. The van der Waals surface area contributed by atoms with Crippen molar-refractivity contribution in [3.05, 3.63) is 59.7 Å². The largest absolute Gasteiger partial charge is 0.454 e. The lowest BCUT2D eigenvalue weighted by atomic mass is 10.1. The van der Waals surface area contributed by atoms with Crippen LogP contribution < -0.4 is 14.8 Å². The van der Waals surface area contributed by atoms with E-state index in [0.717, 1.165) is 22.6 Å². The maximum Gasteiger partial charge on any atom is 0.231 e. The van der Waals surface area contributed by atoms with Gasteiger partial charge in [0.1, 0.15) is 0 Å². The Balaban J connectivity index is 1.66. The summed E-state index contributed by atoms with van der Waals surface area (Å²) in [6, 6.07) is 15.7. The van der Waals surface area contributed by atoms with Crippen molar-refractivity contribution in [3.8, 4) is 11.5 Å². The summed E-state index contributed by atoms with van der Waals surface area (Å²) < 4.78 is 10.6. The van der Waals surface area contributed by atoms with Crippen LogP contribution >= 0.6 is 0 Å². The Morgan fingerprint density at radius 1 is 1.05 bits per heavy atom. The minimum Gasteiger partial charge on any atom is -0.454 e. The number of benzene rings is 2. The van der Waals surface area contributed by atoms with Crippen LogP contribution in [-0.2, 0) is 6.54 Å². The lowest BCUT2D eigenvalue weighted by Crippen LogP contribution is -2.23. The Hall–Kier alpha value is -2.04. The SMILES string of the molecule is OC[C@@H](NCc1ccc2c(c1)OCO2)c1ccccc1. The van der Waals surface area contributed by atoms with Gasteiger partial charge in [0.2, 0.25) is 6.79 Å². The van der Waals surface area contributed by atoms with Crippen LogP contribution in [0.4, 0.5) is 0 Å². The average molecular weight is 271 g/mol. The molecule has 0 radical (unpaired) electrons. The molecule has 0 aliphatic carbocycles. The second-order valence-electron chi connectivity index (χ2n) is 4.71. The van der Waals surface area contributed by atoms with Crippen molar-refractivity contribution >= 4 is 0 Å². The van der Waals surface area contributed by atoms with E-state index in [2.05, 4.69) is 5.32 Å². The molecular formula is C16H17NO3. The molecule has 0 saturated carbocycles. The topological polar surface area (TPSA) is 50.7 Å². The molecule has 0 bridgehead atoms. The summed E-state index contributed by atoms with van der Waals surface area (Å²) in [5, 5.41) is 12.9. The Bertz CT molecular complexity index is 571. The molecule has 0 saturated heterocycles. The minimum absolute atomic E-state index is 0.0641. The van der Waals surface area contributed by atoms with Crippen LogP contribution in [0.25, 0.3) is 0 Å². The van der Waals surface area contributed by atoms with Crippen LogP contribution in [0.3, 0.4) is 0 Å². The van der Waals surface area contributed by atoms with Crippen molar-refractivity contribution in [1.82, 2.24) is 5.32 Å². The highest BCUT2D eigenvalue weighted by Gasteiger charge is 2.14. The second-order valence-corrected chi connectivity index (χ2v) is 4.71. The normalized spacial score (nSPS) is 14.2. The molecular weight excluding hydrogens is 254 g/mol. The Kier molecular flexibility index (Phi) is 3.85. The van der Waals surface area contributed by atoms with Crippen molar-refractivity contribution < 1.29 is 14.6 Å². The first-order chi connectivity index (χ1) is 9.86. The number of fused-ring (bicyclic) bond motifs is 1. The van der Waals surface area contributed by atoms with Gasteiger partial charge in [0, 0.05) is 6.54 Å². The number of ether oxygens (including phenoxy) is 2. The van der Waals surface area contributed by atoms with Crippen molar-refractivity contribution in [2.45, 2.75) is 12.6 Å². The van der Waals surface area contributed by atoms with E-state index in [1.54, 1.807) is 0 Å². The van der Waals surface area contributed by atoms with Crippen LogP contribution in [0.2, 0.25) is 0 Å². The van der Waals surface area contributed by atoms with Gasteiger partial charge in [0.25, 0.3) is 0 Å². The van der Waals surface area contributed by atoms with E-state index in [-0.39, 0.29) is 19.4 Å². The third-order valence-corrected chi connectivity index (χ3v) is 3.37. The summed E-state index contributed by atoms with van der Waals surface area (Å²) in [7, 11) is 0. The molecule has 0 aromatic heterocycles. The summed E-state index contributed by atoms with van der Waals surface area (Å²) in [6.45, 7) is 1.01. The molecule has 0 spiro atoms. The van der Waals surface area contributed by atoms with Gasteiger partial charge in [0.15, 0.2) is 11.5 Å². The van der Waals surface area contributed by atoms with Crippen LogP contribution in [-0.4, -0.2) is 18.5 Å². The van der Waals surface area contributed by atoms with E-state index in [0.29, 0.717) is 6.54 Å². The maximum absolute atomic E-state index is 9.51. The monoisotopic (exact) mass is 271 g/mol. The summed E-state index contributed by atoms with van der Waals surface area (Å²) >= 11 is 0. The van der Waals surface area contributed by atoms with E-state index in [4.69, 9.17) is 9.47 Å². The third-order valence-electron chi connectivity index (χ3n) is 3.37. The van der Waals surface area contributed by atoms with Gasteiger partial charge in [-0.2, -0.15) is 0 Å². The van der Waals surface area contributed by atoms with Gasteiger partial charge >= 0.3 is 0 Å².